The molecule has 0 saturated carbocycles. The van der Waals surface area contributed by atoms with Crippen LogP contribution in [0.5, 0.6) is 0 Å². The fourth-order valence-corrected chi connectivity index (χ4v) is 1.21. The fourth-order valence-electron chi connectivity index (χ4n) is 1.21. The number of carbonyl (C=O) groups is 1. The van der Waals surface area contributed by atoms with Crippen molar-refractivity contribution in [3.63, 3.8) is 0 Å². The first kappa shape index (κ1) is 14.9. The molecule has 0 spiro atoms. The molecule has 0 rings (SSSR count). The quantitative estimate of drug-likeness (QED) is 0.445. The number of nitrogens with zero attached hydrogens (tertiary/aromatic N) is 1. The third kappa shape index (κ3) is 7.03. The Balaban J connectivity index is 0. The first-order valence-corrected chi connectivity index (χ1v) is 4.17. The van der Waals surface area contributed by atoms with E-state index in [-0.39, 0.29) is 29.9 Å². The number of quaternary nitrogens is 1. The van der Waals surface area contributed by atoms with Crippen LogP contribution in [0.15, 0.2) is 0 Å². The van der Waals surface area contributed by atoms with E-state index in [1.165, 1.54) is 0 Å². The van der Waals surface area contributed by atoms with Gasteiger partial charge in [-0.3, -0.25) is 4.79 Å². The molecule has 0 aromatic rings. The van der Waals surface area contributed by atoms with Crippen LogP contribution in [0, 0.1) is 5.92 Å². The summed E-state index contributed by atoms with van der Waals surface area (Å²) in [5.74, 6) is 0.565. The highest BCUT2D eigenvalue weighted by Crippen LogP contribution is 2.08. The van der Waals surface area contributed by atoms with E-state index in [1.807, 2.05) is 0 Å². The molecule has 0 N–H and O–H groups in total. The molecule has 12 heavy (non-hydrogen) atoms. The van der Waals surface area contributed by atoms with Gasteiger partial charge in [0.25, 0.3) is 0 Å². The molecule has 1 unspecified atom stereocenters. The Labute approximate surface area is 92.9 Å². The van der Waals surface area contributed by atoms with Crippen molar-refractivity contribution in [1.29, 1.82) is 0 Å². The van der Waals surface area contributed by atoms with Gasteiger partial charge in [-0.25, -0.2) is 0 Å². The first-order valence-electron chi connectivity index (χ1n) is 4.17. The van der Waals surface area contributed by atoms with Crippen molar-refractivity contribution in [1.82, 2.24) is 0 Å². The molecule has 0 aliphatic rings. The Bertz CT molecular complexity index is 140. The van der Waals surface area contributed by atoms with E-state index < -0.39 is 0 Å². The standard InChI is InChI=1S/C9H20NO.HI/c1-6-9(8(2)11)7-10(3,4)5;/h9H,6-7H2,1-5H3;1H/q+1;/p-1. The maximum atomic E-state index is 11.0. The number of ketones is 1. The van der Waals surface area contributed by atoms with E-state index in [4.69, 9.17) is 0 Å². The molecule has 0 amide bonds. The second-order valence-corrected chi connectivity index (χ2v) is 4.19. The van der Waals surface area contributed by atoms with Gasteiger partial charge in [-0.05, 0) is 13.3 Å². The molecule has 0 aromatic carbocycles. The Kier molecular flexibility index (Phi) is 7.32. The van der Waals surface area contributed by atoms with E-state index in [1.54, 1.807) is 6.92 Å². The van der Waals surface area contributed by atoms with Crippen molar-refractivity contribution >= 4 is 5.78 Å². The van der Waals surface area contributed by atoms with Gasteiger partial charge in [0.2, 0.25) is 0 Å². The van der Waals surface area contributed by atoms with Gasteiger partial charge in [0, 0.05) is 0 Å². The summed E-state index contributed by atoms with van der Waals surface area (Å²) in [4.78, 5) is 11.0. The van der Waals surface area contributed by atoms with Gasteiger partial charge in [-0.2, -0.15) is 0 Å². The third-order valence-electron chi connectivity index (χ3n) is 1.84. The van der Waals surface area contributed by atoms with Gasteiger partial charge in [0.05, 0.1) is 33.6 Å². The number of hydrogen-bond donors (Lipinski definition) is 0. The Hall–Kier alpha value is 0.360. The second-order valence-electron chi connectivity index (χ2n) is 4.19. The highest BCUT2D eigenvalue weighted by Gasteiger charge is 2.19. The van der Waals surface area contributed by atoms with Crippen LogP contribution in [0.3, 0.4) is 0 Å². The van der Waals surface area contributed by atoms with Crippen molar-refractivity contribution in [2.45, 2.75) is 20.3 Å². The molecule has 0 saturated heterocycles. The zero-order chi connectivity index (χ0) is 9.07. The molecule has 0 fully saturated rings. The number of halogens is 1. The highest BCUT2D eigenvalue weighted by atomic mass is 127. The maximum absolute atomic E-state index is 11.0. The van der Waals surface area contributed by atoms with Crippen molar-refractivity contribution < 1.29 is 33.3 Å². The van der Waals surface area contributed by atoms with Crippen molar-refractivity contribution in [2.75, 3.05) is 27.7 Å². The van der Waals surface area contributed by atoms with Crippen molar-refractivity contribution in [2.24, 2.45) is 5.92 Å². The van der Waals surface area contributed by atoms with Gasteiger partial charge >= 0.3 is 0 Å². The van der Waals surface area contributed by atoms with Gasteiger partial charge in [-0.1, -0.05) is 6.92 Å². The van der Waals surface area contributed by atoms with Crippen LogP contribution in [-0.4, -0.2) is 38.0 Å². The van der Waals surface area contributed by atoms with E-state index in [0.29, 0.717) is 5.78 Å². The maximum Gasteiger partial charge on any atom is 0.138 e. The molecule has 0 bridgehead atoms. The van der Waals surface area contributed by atoms with E-state index in [0.717, 1.165) is 17.4 Å². The minimum absolute atomic E-state index is 0. The monoisotopic (exact) mass is 285 g/mol. The fraction of sp³-hybridized carbons (Fsp3) is 0.889. The van der Waals surface area contributed by atoms with E-state index in [2.05, 4.69) is 28.1 Å². The molecule has 0 aromatic heterocycles. The summed E-state index contributed by atoms with van der Waals surface area (Å²) in [5.41, 5.74) is 0. The lowest BCUT2D eigenvalue weighted by Gasteiger charge is -2.27. The summed E-state index contributed by atoms with van der Waals surface area (Å²) in [5, 5.41) is 0. The summed E-state index contributed by atoms with van der Waals surface area (Å²) in [6.45, 7) is 4.71. The minimum atomic E-state index is 0. The van der Waals surface area contributed by atoms with Crippen LogP contribution in [0.1, 0.15) is 20.3 Å². The Morgan fingerprint density at radius 3 is 1.83 bits per heavy atom. The second kappa shape index (κ2) is 5.91. The lowest BCUT2D eigenvalue weighted by atomic mass is 10.0. The lowest BCUT2D eigenvalue weighted by Crippen LogP contribution is -3.00. The predicted molar refractivity (Wildman–Crippen MR) is 47.4 cm³/mol. The van der Waals surface area contributed by atoms with Crippen LogP contribution in [-0.2, 0) is 4.79 Å². The Morgan fingerprint density at radius 1 is 1.33 bits per heavy atom. The third-order valence-corrected chi connectivity index (χ3v) is 1.84. The number of rotatable bonds is 4. The molecule has 1 atom stereocenters. The number of carbonyl (C=O) groups excluding carboxylic acids is 1. The van der Waals surface area contributed by atoms with Crippen LogP contribution >= 0.6 is 0 Å². The Morgan fingerprint density at radius 2 is 1.75 bits per heavy atom. The molecule has 0 radical (unpaired) electrons. The molecule has 3 heteroatoms. The summed E-state index contributed by atoms with van der Waals surface area (Å²) in [6.07, 6.45) is 0.963. The normalized spacial score (nSPS) is 13.4. The number of Topliss-reactive ketones (excluding diaryl/α,β-unsaturated/α-hetero) is 1. The zero-order valence-electron chi connectivity index (χ0n) is 8.72. The smallest absolute Gasteiger partial charge is 0.138 e. The van der Waals surface area contributed by atoms with Gasteiger partial charge in [0.1, 0.15) is 5.78 Å². The van der Waals surface area contributed by atoms with Crippen LogP contribution in [0.25, 0.3) is 0 Å². The van der Waals surface area contributed by atoms with Crippen LogP contribution in [0.2, 0.25) is 0 Å². The molecule has 2 nitrogen and oxygen atoms in total. The van der Waals surface area contributed by atoms with Crippen LogP contribution in [0.4, 0.5) is 0 Å². The van der Waals surface area contributed by atoms with Gasteiger partial charge in [-0.15, -0.1) is 0 Å². The molecule has 0 aliphatic heterocycles. The molecule has 74 valence electrons. The summed E-state index contributed by atoms with van der Waals surface area (Å²) in [7, 11) is 6.35. The predicted octanol–water partition coefficient (Wildman–Crippen LogP) is -1.69. The first-order chi connectivity index (χ1) is 4.87. The van der Waals surface area contributed by atoms with Gasteiger partial charge < -0.3 is 28.5 Å². The summed E-state index contributed by atoms with van der Waals surface area (Å²) < 4.78 is 0.873. The van der Waals surface area contributed by atoms with Gasteiger partial charge in [0.15, 0.2) is 0 Å². The molecular weight excluding hydrogens is 265 g/mol. The van der Waals surface area contributed by atoms with Crippen molar-refractivity contribution in [3.8, 4) is 0 Å². The largest absolute Gasteiger partial charge is 1.00 e. The summed E-state index contributed by atoms with van der Waals surface area (Å²) in [6, 6.07) is 0. The van der Waals surface area contributed by atoms with E-state index in [9.17, 15) is 4.79 Å². The topological polar surface area (TPSA) is 17.1 Å². The minimum Gasteiger partial charge on any atom is -1.00 e. The van der Waals surface area contributed by atoms with Crippen molar-refractivity contribution in [3.05, 3.63) is 0 Å². The van der Waals surface area contributed by atoms with Crippen LogP contribution < -0.4 is 24.0 Å². The summed E-state index contributed by atoms with van der Waals surface area (Å²) >= 11 is 0. The zero-order valence-corrected chi connectivity index (χ0v) is 10.9. The molecular formula is C9H20INO. The SMILES string of the molecule is CCC(C[N+](C)(C)C)C(C)=O.[I-]. The average Bonchev–Trinajstić information content (AvgIpc) is 1.80. The highest BCUT2D eigenvalue weighted by molar-refractivity contribution is 5.78. The molecule has 0 heterocycles. The average molecular weight is 285 g/mol. The molecule has 0 aliphatic carbocycles. The van der Waals surface area contributed by atoms with E-state index >= 15 is 0 Å². The lowest BCUT2D eigenvalue weighted by molar-refractivity contribution is -0.872. The number of hydrogen-bond acceptors (Lipinski definition) is 1.